The molecule has 0 bridgehead atoms. The quantitative estimate of drug-likeness (QED) is 0.789. The summed E-state index contributed by atoms with van der Waals surface area (Å²) in [5.41, 5.74) is 1.19. The summed E-state index contributed by atoms with van der Waals surface area (Å²) in [7, 11) is 1.36. The number of rotatable bonds is 3. The van der Waals surface area contributed by atoms with Crippen molar-refractivity contribution in [2.24, 2.45) is 0 Å². The van der Waals surface area contributed by atoms with Crippen molar-refractivity contribution in [1.29, 1.82) is 0 Å². The Labute approximate surface area is 104 Å². The summed E-state index contributed by atoms with van der Waals surface area (Å²) in [6.07, 6.45) is 1.70. The lowest BCUT2D eigenvalue weighted by atomic mass is 10.3. The summed E-state index contributed by atoms with van der Waals surface area (Å²) < 4.78 is 6.52. The van der Waals surface area contributed by atoms with E-state index in [0.29, 0.717) is 10.8 Å². The lowest BCUT2D eigenvalue weighted by molar-refractivity contribution is 0.0592. The first-order chi connectivity index (χ1) is 8.19. The Kier molecular flexibility index (Phi) is 3.33. The molecule has 0 aromatic carbocycles. The minimum absolute atomic E-state index is 0.387. The zero-order chi connectivity index (χ0) is 12.4. The van der Waals surface area contributed by atoms with E-state index in [-0.39, 0.29) is 5.97 Å². The minimum Gasteiger partial charge on any atom is -0.464 e. The predicted molar refractivity (Wildman–Crippen MR) is 65.5 cm³/mol. The van der Waals surface area contributed by atoms with Gasteiger partial charge in [0.25, 0.3) is 0 Å². The first-order valence-corrected chi connectivity index (χ1v) is 5.81. The fourth-order valence-electron chi connectivity index (χ4n) is 1.82. The Balaban J connectivity index is 2.71. The van der Waals surface area contributed by atoms with Crippen LogP contribution in [0, 0.1) is 0 Å². The van der Waals surface area contributed by atoms with E-state index in [1.807, 2.05) is 6.07 Å². The summed E-state index contributed by atoms with van der Waals surface area (Å²) >= 11 is 6.05. The Morgan fingerprint density at radius 1 is 1.53 bits per heavy atom. The lowest BCUT2D eigenvalue weighted by Gasteiger charge is -2.06. The molecule has 0 N–H and O–H groups in total. The van der Waals surface area contributed by atoms with E-state index in [0.717, 1.165) is 24.2 Å². The highest BCUT2D eigenvalue weighted by atomic mass is 35.5. The number of hydrogen-bond acceptors (Lipinski definition) is 3. The van der Waals surface area contributed by atoms with Gasteiger partial charge >= 0.3 is 5.97 Å². The van der Waals surface area contributed by atoms with Crippen molar-refractivity contribution in [3.63, 3.8) is 0 Å². The number of hydrogen-bond donors (Lipinski definition) is 0. The van der Waals surface area contributed by atoms with E-state index in [1.54, 1.807) is 16.5 Å². The van der Waals surface area contributed by atoms with Crippen LogP contribution in [0.1, 0.15) is 29.7 Å². The molecule has 0 aliphatic carbocycles. The molecule has 2 aromatic rings. The molecule has 4 nitrogen and oxygen atoms in total. The maximum Gasteiger partial charge on any atom is 0.355 e. The smallest absolute Gasteiger partial charge is 0.355 e. The van der Waals surface area contributed by atoms with E-state index in [2.05, 4.69) is 11.9 Å². The van der Waals surface area contributed by atoms with Crippen LogP contribution in [0.25, 0.3) is 5.52 Å². The maximum absolute atomic E-state index is 11.7. The molecule has 0 radical (unpaired) electrons. The third-order valence-electron chi connectivity index (χ3n) is 2.55. The molecule has 0 amide bonds. The molecule has 2 aromatic heterocycles. The number of carbonyl (C=O) groups excluding carboxylic acids is 1. The molecule has 0 aliphatic rings. The van der Waals surface area contributed by atoms with Crippen molar-refractivity contribution in [3.8, 4) is 0 Å². The standard InChI is InChI=1S/C12H13ClN2O2/c1-3-5-10-14-11(13)8-6-4-7-9(15(8)10)12(16)17-2/h4,6-7H,3,5H2,1-2H3. The molecular formula is C12H13ClN2O2. The summed E-state index contributed by atoms with van der Waals surface area (Å²) in [4.78, 5) is 16.0. The molecule has 90 valence electrons. The molecule has 0 saturated heterocycles. The molecule has 0 fully saturated rings. The fraction of sp³-hybridized carbons (Fsp3) is 0.333. The average molecular weight is 253 g/mol. The monoisotopic (exact) mass is 252 g/mol. The summed E-state index contributed by atoms with van der Waals surface area (Å²) in [6.45, 7) is 2.05. The lowest BCUT2D eigenvalue weighted by Crippen LogP contribution is -2.09. The van der Waals surface area contributed by atoms with E-state index in [4.69, 9.17) is 16.3 Å². The second kappa shape index (κ2) is 4.75. The van der Waals surface area contributed by atoms with Crippen LogP contribution in [0.3, 0.4) is 0 Å². The SMILES string of the molecule is CCCc1nc(Cl)c2cccc(C(=O)OC)n12. The molecule has 17 heavy (non-hydrogen) atoms. The van der Waals surface area contributed by atoms with Crippen LogP contribution in [0.4, 0.5) is 0 Å². The molecule has 0 atom stereocenters. The number of carbonyl (C=O) groups is 1. The number of pyridine rings is 1. The molecule has 0 aliphatic heterocycles. The highest BCUT2D eigenvalue weighted by Gasteiger charge is 2.16. The Morgan fingerprint density at radius 3 is 2.94 bits per heavy atom. The van der Waals surface area contributed by atoms with Gasteiger partial charge in [0.15, 0.2) is 5.15 Å². The van der Waals surface area contributed by atoms with Gasteiger partial charge in [-0.05, 0) is 18.6 Å². The van der Waals surface area contributed by atoms with Gasteiger partial charge in [0, 0.05) is 6.42 Å². The highest BCUT2D eigenvalue weighted by Crippen LogP contribution is 2.21. The van der Waals surface area contributed by atoms with Gasteiger partial charge in [-0.1, -0.05) is 24.6 Å². The zero-order valence-corrected chi connectivity index (χ0v) is 10.5. The molecule has 0 spiro atoms. The van der Waals surface area contributed by atoms with Crippen molar-refractivity contribution < 1.29 is 9.53 Å². The molecule has 5 heteroatoms. The van der Waals surface area contributed by atoms with Crippen molar-refractivity contribution >= 4 is 23.1 Å². The minimum atomic E-state index is -0.387. The summed E-state index contributed by atoms with van der Waals surface area (Å²) in [5.74, 6) is 0.399. The molecular weight excluding hydrogens is 240 g/mol. The number of nitrogens with zero attached hydrogens (tertiary/aromatic N) is 2. The zero-order valence-electron chi connectivity index (χ0n) is 9.74. The largest absolute Gasteiger partial charge is 0.464 e. The van der Waals surface area contributed by atoms with Crippen LogP contribution in [0.15, 0.2) is 18.2 Å². The van der Waals surface area contributed by atoms with Crippen molar-refractivity contribution in [2.75, 3.05) is 7.11 Å². The van der Waals surface area contributed by atoms with Gasteiger partial charge in [0.1, 0.15) is 11.5 Å². The number of fused-ring (bicyclic) bond motifs is 1. The number of aryl methyl sites for hydroxylation is 1. The van der Waals surface area contributed by atoms with Crippen molar-refractivity contribution in [2.45, 2.75) is 19.8 Å². The number of halogens is 1. The second-order valence-electron chi connectivity index (χ2n) is 3.69. The second-order valence-corrected chi connectivity index (χ2v) is 4.05. The predicted octanol–water partition coefficient (Wildman–Crippen LogP) is 2.73. The van der Waals surface area contributed by atoms with Crippen LogP contribution in [0.5, 0.6) is 0 Å². The maximum atomic E-state index is 11.7. The topological polar surface area (TPSA) is 43.6 Å². The fourth-order valence-corrected chi connectivity index (χ4v) is 2.07. The third-order valence-corrected chi connectivity index (χ3v) is 2.83. The van der Waals surface area contributed by atoms with E-state index in [9.17, 15) is 4.79 Å². The number of aromatic nitrogens is 2. The Bertz CT molecular complexity index is 563. The van der Waals surface area contributed by atoms with E-state index in [1.165, 1.54) is 7.11 Å². The van der Waals surface area contributed by atoms with Crippen molar-refractivity contribution in [3.05, 3.63) is 34.9 Å². The number of imidazole rings is 1. The van der Waals surface area contributed by atoms with Gasteiger partial charge in [-0.15, -0.1) is 0 Å². The Hall–Kier alpha value is -1.55. The summed E-state index contributed by atoms with van der Waals surface area (Å²) in [6, 6.07) is 5.31. The van der Waals surface area contributed by atoms with Crippen LogP contribution in [-0.4, -0.2) is 22.5 Å². The van der Waals surface area contributed by atoms with Gasteiger partial charge in [-0.2, -0.15) is 0 Å². The number of methoxy groups -OCH3 is 1. The normalized spacial score (nSPS) is 10.8. The van der Waals surface area contributed by atoms with Crippen LogP contribution in [-0.2, 0) is 11.2 Å². The molecule has 2 rings (SSSR count). The first-order valence-electron chi connectivity index (χ1n) is 5.43. The molecule has 2 heterocycles. The number of esters is 1. The third kappa shape index (κ3) is 2.00. The van der Waals surface area contributed by atoms with E-state index >= 15 is 0 Å². The van der Waals surface area contributed by atoms with Gasteiger partial charge < -0.3 is 4.74 Å². The van der Waals surface area contributed by atoms with Gasteiger partial charge in [0.2, 0.25) is 0 Å². The van der Waals surface area contributed by atoms with Crippen LogP contribution >= 0.6 is 11.6 Å². The number of ether oxygens (including phenoxy) is 1. The van der Waals surface area contributed by atoms with Crippen molar-refractivity contribution in [1.82, 2.24) is 9.38 Å². The van der Waals surface area contributed by atoms with Gasteiger partial charge in [-0.3, -0.25) is 4.40 Å². The van der Waals surface area contributed by atoms with Crippen LogP contribution in [0.2, 0.25) is 5.15 Å². The van der Waals surface area contributed by atoms with Gasteiger partial charge in [0.05, 0.1) is 12.6 Å². The van der Waals surface area contributed by atoms with Gasteiger partial charge in [-0.25, -0.2) is 9.78 Å². The first kappa shape index (κ1) is 11.9. The molecule has 0 saturated carbocycles. The molecule has 0 unspecified atom stereocenters. The average Bonchev–Trinajstić information content (AvgIpc) is 2.66. The van der Waals surface area contributed by atoms with E-state index < -0.39 is 0 Å². The Morgan fingerprint density at radius 2 is 2.29 bits per heavy atom. The summed E-state index contributed by atoms with van der Waals surface area (Å²) in [5, 5.41) is 0.416. The highest BCUT2D eigenvalue weighted by molar-refractivity contribution is 6.32. The van der Waals surface area contributed by atoms with Crippen LogP contribution < -0.4 is 0 Å².